The monoisotopic (exact) mass is 170 g/mol. The van der Waals surface area contributed by atoms with Gasteiger partial charge in [0.2, 0.25) is 0 Å². The highest BCUT2D eigenvalue weighted by Gasteiger charge is 2.39. The molecule has 3 nitrogen and oxygen atoms in total. The van der Waals surface area contributed by atoms with Crippen molar-refractivity contribution >= 4 is 12.6 Å². The summed E-state index contributed by atoms with van der Waals surface area (Å²) in [6, 6.07) is 0. The minimum Gasteiger partial charge on any atom is -0.393 e. The van der Waals surface area contributed by atoms with Gasteiger partial charge < -0.3 is 14.7 Å². The maximum atomic E-state index is 10.6. The van der Waals surface area contributed by atoms with E-state index in [9.17, 15) is 14.7 Å². The zero-order valence-electron chi connectivity index (χ0n) is 7.14. The summed E-state index contributed by atoms with van der Waals surface area (Å²) in [5.74, 6) is -0.0670. The molecule has 0 radical (unpaired) electrons. The molecule has 0 aromatic heterocycles. The number of aliphatic hydroxyl groups excluding tert-OH is 1. The molecule has 4 atom stereocenters. The van der Waals surface area contributed by atoms with Crippen LogP contribution >= 0.6 is 0 Å². The Kier molecular flexibility index (Phi) is 2.98. The van der Waals surface area contributed by atoms with E-state index in [4.69, 9.17) is 0 Å². The van der Waals surface area contributed by atoms with Crippen molar-refractivity contribution in [1.82, 2.24) is 0 Å². The Hall–Kier alpha value is -0.700. The van der Waals surface area contributed by atoms with Crippen molar-refractivity contribution in [1.29, 1.82) is 0 Å². The Balaban J connectivity index is 2.67. The molecule has 0 aromatic rings. The van der Waals surface area contributed by atoms with Gasteiger partial charge in [0.1, 0.15) is 12.6 Å². The highest BCUT2D eigenvalue weighted by Crippen LogP contribution is 2.37. The van der Waals surface area contributed by atoms with E-state index in [0.29, 0.717) is 12.8 Å². The third-order valence-corrected chi connectivity index (χ3v) is 2.78. The minimum absolute atomic E-state index is 0.134. The number of aldehydes is 2. The summed E-state index contributed by atoms with van der Waals surface area (Å²) in [5.41, 5.74) is 0. The number of rotatable bonds is 3. The van der Waals surface area contributed by atoms with E-state index >= 15 is 0 Å². The smallest absolute Gasteiger partial charge is 0.123 e. The highest BCUT2D eigenvalue weighted by atomic mass is 16.3. The molecule has 1 aliphatic rings. The minimum atomic E-state index is -0.472. The molecule has 0 aliphatic heterocycles. The molecule has 0 heterocycles. The van der Waals surface area contributed by atoms with E-state index in [1.807, 2.05) is 6.92 Å². The third-order valence-electron chi connectivity index (χ3n) is 2.78. The van der Waals surface area contributed by atoms with Gasteiger partial charge in [-0.25, -0.2) is 0 Å². The lowest BCUT2D eigenvalue weighted by Gasteiger charge is -2.15. The summed E-state index contributed by atoms with van der Waals surface area (Å²) in [7, 11) is 0. The molecule has 0 amide bonds. The third kappa shape index (κ3) is 1.55. The number of hydrogen-bond acceptors (Lipinski definition) is 3. The van der Waals surface area contributed by atoms with Crippen LogP contribution in [0.4, 0.5) is 0 Å². The molecule has 0 aromatic carbocycles. The summed E-state index contributed by atoms with van der Waals surface area (Å²) in [4.78, 5) is 20.9. The Labute approximate surface area is 71.8 Å². The molecule has 4 unspecified atom stereocenters. The highest BCUT2D eigenvalue weighted by molar-refractivity contribution is 5.58. The molecular formula is C9H14O3. The molecule has 3 heteroatoms. The Morgan fingerprint density at radius 3 is 2.67 bits per heavy atom. The van der Waals surface area contributed by atoms with Crippen LogP contribution in [0.15, 0.2) is 0 Å². The van der Waals surface area contributed by atoms with E-state index in [2.05, 4.69) is 0 Å². The lowest BCUT2D eigenvalue weighted by Crippen LogP contribution is -2.21. The predicted molar refractivity (Wildman–Crippen MR) is 43.5 cm³/mol. The standard InChI is InChI=1S/C9H14O3/c1-6-4-9(12)7(2-3-10)8(6)5-11/h3,5-9,12H,2,4H2,1H3. The molecule has 1 fully saturated rings. The van der Waals surface area contributed by atoms with Crippen LogP contribution in [0.5, 0.6) is 0 Å². The Morgan fingerprint density at radius 2 is 2.17 bits per heavy atom. The first-order valence-corrected chi connectivity index (χ1v) is 4.27. The molecule has 0 bridgehead atoms. The van der Waals surface area contributed by atoms with Gasteiger partial charge in [-0.05, 0) is 12.3 Å². The topological polar surface area (TPSA) is 54.4 Å². The van der Waals surface area contributed by atoms with Crippen molar-refractivity contribution < 1.29 is 14.7 Å². The van der Waals surface area contributed by atoms with Crippen molar-refractivity contribution in [2.75, 3.05) is 0 Å². The predicted octanol–water partition coefficient (Wildman–Crippen LogP) is 0.407. The maximum Gasteiger partial charge on any atom is 0.123 e. The SMILES string of the molecule is CC1CC(O)C(CC=O)C1C=O. The Bertz CT molecular complexity index is 179. The fourth-order valence-corrected chi connectivity index (χ4v) is 2.05. The van der Waals surface area contributed by atoms with Crippen molar-refractivity contribution in [2.24, 2.45) is 17.8 Å². The van der Waals surface area contributed by atoms with Gasteiger partial charge in [0.25, 0.3) is 0 Å². The van der Waals surface area contributed by atoms with Crippen LogP contribution < -0.4 is 0 Å². The largest absolute Gasteiger partial charge is 0.393 e. The summed E-state index contributed by atoms with van der Waals surface area (Å²) in [6.45, 7) is 1.94. The molecule has 12 heavy (non-hydrogen) atoms. The molecular weight excluding hydrogens is 156 g/mol. The fourth-order valence-electron chi connectivity index (χ4n) is 2.05. The number of carbonyl (C=O) groups is 2. The van der Waals surface area contributed by atoms with Gasteiger partial charge in [0.05, 0.1) is 6.10 Å². The van der Waals surface area contributed by atoms with Crippen LogP contribution in [-0.4, -0.2) is 23.8 Å². The molecule has 68 valence electrons. The van der Waals surface area contributed by atoms with Gasteiger partial charge in [-0.2, -0.15) is 0 Å². The zero-order chi connectivity index (χ0) is 9.14. The van der Waals surface area contributed by atoms with E-state index in [1.54, 1.807) is 0 Å². The molecule has 0 saturated heterocycles. The number of aliphatic hydroxyl groups is 1. The summed E-state index contributed by atoms with van der Waals surface area (Å²) in [6.07, 6.45) is 2.12. The van der Waals surface area contributed by atoms with E-state index in [0.717, 1.165) is 12.6 Å². The average molecular weight is 170 g/mol. The Morgan fingerprint density at radius 1 is 1.50 bits per heavy atom. The van der Waals surface area contributed by atoms with E-state index in [-0.39, 0.29) is 17.8 Å². The second kappa shape index (κ2) is 3.81. The lowest BCUT2D eigenvalue weighted by atomic mass is 9.89. The van der Waals surface area contributed by atoms with E-state index < -0.39 is 6.10 Å². The van der Waals surface area contributed by atoms with Crippen LogP contribution in [0, 0.1) is 17.8 Å². The van der Waals surface area contributed by atoms with Crippen LogP contribution in [0.25, 0.3) is 0 Å². The number of hydrogen-bond donors (Lipinski definition) is 1. The molecule has 1 saturated carbocycles. The van der Waals surface area contributed by atoms with Crippen molar-refractivity contribution in [2.45, 2.75) is 25.9 Å². The van der Waals surface area contributed by atoms with Gasteiger partial charge in [0.15, 0.2) is 0 Å². The van der Waals surface area contributed by atoms with Gasteiger partial charge in [-0.3, -0.25) is 0 Å². The van der Waals surface area contributed by atoms with Gasteiger partial charge in [-0.1, -0.05) is 6.92 Å². The van der Waals surface area contributed by atoms with Crippen LogP contribution in [-0.2, 0) is 9.59 Å². The van der Waals surface area contributed by atoms with Gasteiger partial charge in [0, 0.05) is 18.3 Å². The second-order valence-electron chi connectivity index (χ2n) is 3.56. The quantitative estimate of drug-likeness (QED) is 0.624. The molecule has 0 spiro atoms. The van der Waals surface area contributed by atoms with Crippen molar-refractivity contribution in [3.63, 3.8) is 0 Å². The number of carbonyl (C=O) groups excluding carboxylic acids is 2. The van der Waals surface area contributed by atoms with Gasteiger partial charge in [-0.15, -0.1) is 0 Å². The van der Waals surface area contributed by atoms with Crippen LogP contribution in [0.3, 0.4) is 0 Å². The first kappa shape index (κ1) is 9.39. The van der Waals surface area contributed by atoms with Crippen molar-refractivity contribution in [3.8, 4) is 0 Å². The summed E-state index contributed by atoms with van der Waals surface area (Å²) in [5, 5.41) is 9.47. The second-order valence-corrected chi connectivity index (χ2v) is 3.56. The zero-order valence-corrected chi connectivity index (χ0v) is 7.14. The first-order valence-electron chi connectivity index (χ1n) is 4.27. The summed E-state index contributed by atoms with van der Waals surface area (Å²) < 4.78 is 0. The average Bonchev–Trinajstić information content (AvgIpc) is 2.28. The maximum absolute atomic E-state index is 10.6. The van der Waals surface area contributed by atoms with Crippen LogP contribution in [0.2, 0.25) is 0 Å². The fraction of sp³-hybridized carbons (Fsp3) is 0.778. The normalized spacial score (nSPS) is 41.2. The van der Waals surface area contributed by atoms with Crippen LogP contribution in [0.1, 0.15) is 19.8 Å². The molecule has 1 rings (SSSR count). The molecule has 1 N–H and O–H groups in total. The lowest BCUT2D eigenvalue weighted by molar-refractivity contribution is -0.114. The van der Waals surface area contributed by atoms with E-state index in [1.165, 1.54) is 0 Å². The molecule has 1 aliphatic carbocycles. The van der Waals surface area contributed by atoms with Gasteiger partial charge >= 0.3 is 0 Å². The summed E-state index contributed by atoms with van der Waals surface area (Å²) >= 11 is 0. The van der Waals surface area contributed by atoms with Crippen molar-refractivity contribution in [3.05, 3.63) is 0 Å². The first-order chi connectivity index (χ1) is 5.70.